The van der Waals surface area contributed by atoms with Gasteiger partial charge in [-0.15, -0.1) is 0 Å². The van der Waals surface area contributed by atoms with Gasteiger partial charge in [0, 0.05) is 23.6 Å². The number of nitrogens with one attached hydrogen (secondary N) is 2. The zero-order chi connectivity index (χ0) is 19.6. The highest BCUT2D eigenvalue weighted by molar-refractivity contribution is 8.13. The van der Waals surface area contributed by atoms with Crippen LogP contribution in [0.5, 0.6) is 11.5 Å². The third-order valence-corrected chi connectivity index (χ3v) is 4.20. The van der Waals surface area contributed by atoms with Crippen LogP contribution in [0, 0.1) is 10.1 Å². The van der Waals surface area contributed by atoms with Gasteiger partial charge in [0.2, 0.25) is 0 Å². The number of unbranched alkanes of at least 4 members (excludes halogenated alkanes) is 1. The summed E-state index contributed by atoms with van der Waals surface area (Å²) in [6, 6.07) is 11.6. The Bertz CT molecular complexity index is 794. The summed E-state index contributed by atoms with van der Waals surface area (Å²) in [6.07, 6.45) is 1.90. The number of urea groups is 1. The Hall–Kier alpha value is -3.07. The Morgan fingerprint density at radius 2 is 1.67 bits per heavy atom. The Morgan fingerprint density at radius 3 is 2.22 bits per heavy atom. The molecule has 0 bridgehead atoms. The van der Waals surface area contributed by atoms with Crippen molar-refractivity contribution in [3.05, 3.63) is 58.6 Å². The van der Waals surface area contributed by atoms with Gasteiger partial charge in [-0.25, -0.2) is 4.79 Å². The van der Waals surface area contributed by atoms with Crippen molar-refractivity contribution in [1.82, 2.24) is 5.32 Å². The van der Waals surface area contributed by atoms with Gasteiger partial charge in [-0.05, 0) is 42.8 Å². The van der Waals surface area contributed by atoms with Crippen LogP contribution >= 0.6 is 11.8 Å². The summed E-state index contributed by atoms with van der Waals surface area (Å²) < 4.78 is 5.58. The molecule has 0 aliphatic carbocycles. The number of carbonyl (C=O) groups is 2. The van der Waals surface area contributed by atoms with Gasteiger partial charge in [0.05, 0.1) is 4.92 Å². The first-order chi connectivity index (χ1) is 13.0. The van der Waals surface area contributed by atoms with E-state index in [9.17, 15) is 19.7 Å². The molecule has 8 nitrogen and oxygen atoms in total. The smallest absolute Gasteiger partial charge is 0.326 e. The summed E-state index contributed by atoms with van der Waals surface area (Å²) >= 11 is 1.07. The number of nitrogens with zero attached hydrogens (tertiary/aromatic N) is 1. The molecule has 0 saturated carbocycles. The van der Waals surface area contributed by atoms with E-state index in [-0.39, 0.29) is 10.9 Å². The lowest BCUT2D eigenvalue weighted by Gasteiger charge is -2.08. The van der Waals surface area contributed by atoms with Crippen LogP contribution < -0.4 is 15.4 Å². The molecule has 0 heterocycles. The van der Waals surface area contributed by atoms with Crippen molar-refractivity contribution in [2.24, 2.45) is 0 Å². The fraction of sp³-hybridized carbons (Fsp3) is 0.222. The van der Waals surface area contributed by atoms with E-state index in [2.05, 4.69) is 10.6 Å². The minimum Gasteiger partial charge on any atom is -0.457 e. The maximum atomic E-state index is 11.8. The van der Waals surface area contributed by atoms with Crippen LogP contribution in [0.2, 0.25) is 0 Å². The molecule has 0 atom stereocenters. The molecule has 0 aromatic heterocycles. The highest BCUT2D eigenvalue weighted by Gasteiger charge is 2.09. The minimum absolute atomic E-state index is 0.0182. The van der Waals surface area contributed by atoms with E-state index in [1.165, 1.54) is 24.3 Å². The van der Waals surface area contributed by atoms with Gasteiger partial charge < -0.3 is 10.1 Å². The van der Waals surface area contributed by atoms with Crippen LogP contribution in [-0.4, -0.2) is 21.9 Å². The normalized spacial score (nSPS) is 10.1. The molecule has 142 valence electrons. The fourth-order valence-electron chi connectivity index (χ4n) is 1.98. The lowest BCUT2D eigenvalue weighted by atomic mass is 10.3. The van der Waals surface area contributed by atoms with Gasteiger partial charge >= 0.3 is 6.03 Å². The quantitative estimate of drug-likeness (QED) is 0.384. The number of imide groups is 1. The molecule has 9 heteroatoms. The molecule has 2 aromatic carbocycles. The van der Waals surface area contributed by atoms with Crippen LogP contribution in [0.1, 0.15) is 19.8 Å². The predicted octanol–water partition coefficient (Wildman–Crippen LogP) is 5.16. The molecule has 0 aliphatic rings. The van der Waals surface area contributed by atoms with Crippen molar-refractivity contribution >= 4 is 34.4 Å². The topological polar surface area (TPSA) is 111 Å². The van der Waals surface area contributed by atoms with Crippen molar-refractivity contribution < 1.29 is 19.2 Å². The van der Waals surface area contributed by atoms with E-state index >= 15 is 0 Å². The molecular weight excluding hydrogens is 370 g/mol. The number of amides is 3. The first-order valence-corrected chi connectivity index (χ1v) is 9.23. The summed E-state index contributed by atoms with van der Waals surface area (Å²) in [4.78, 5) is 33.5. The molecule has 27 heavy (non-hydrogen) atoms. The SMILES string of the molecule is CCCCSC(=O)NC(=O)Nc1ccc(Oc2ccc([N+](=O)[O-])cc2)cc1. The Morgan fingerprint density at radius 1 is 1.07 bits per heavy atom. The second-order valence-electron chi connectivity index (χ2n) is 5.45. The molecule has 0 saturated heterocycles. The van der Waals surface area contributed by atoms with Gasteiger partial charge in [-0.1, -0.05) is 25.1 Å². The van der Waals surface area contributed by atoms with Crippen LogP contribution in [0.25, 0.3) is 0 Å². The summed E-state index contributed by atoms with van der Waals surface area (Å²) in [6.45, 7) is 2.03. The van der Waals surface area contributed by atoms with E-state index < -0.39 is 11.0 Å². The van der Waals surface area contributed by atoms with E-state index in [4.69, 9.17) is 4.74 Å². The van der Waals surface area contributed by atoms with Gasteiger partial charge in [0.15, 0.2) is 0 Å². The molecule has 0 aliphatic heterocycles. The number of thioether (sulfide) groups is 1. The monoisotopic (exact) mass is 389 g/mol. The van der Waals surface area contributed by atoms with Crippen molar-refractivity contribution in [3.8, 4) is 11.5 Å². The van der Waals surface area contributed by atoms with Crippen molar-refractivity contribution in [3.63, 3.8) is 0 Å². The Kier molecular flexibility index (Phi) is 7.63. The van der Waals surface area contributed by atoms with Crippen LogP contribution in [0.4, 0.5) is 21.0 Å². The second-order valence-corrected chi connectivity index (χ2v) is 6.51. The molecule has 0 radical (unpaired) electrons. The number of non-ortho nitro benzene ring substituents is 1. The first kappa shape index (κ1) is 20.2. The Balaban J connectivity index is 1.84. The second kappa shape index (κ2) is 10.2. The van der Waals surface area contributed by atoms with Crippen molar-refractivity contribution in [2.45, 2.75) is 19.8 Å². The molecule has 0 fully saturated rings. The van der Waals surface area contributed by atoms with Crippen LogP contribution in [0.3, 0.4) is 0 Å². The summed E-state index contributed by atoms with van der Waals surface area (Å²) in [7, 11) is 0. The van der Waals surface area contributed by atoms with E-state index in [1.54, 1.807) is 24.3 Å². The van der Waals surface area contributed by atoms with E-state index in [1.807, 2.05) is 6.92 Å². The van der Waals surface area contributed by atoms with Gasteiger partial charge in [0.1, 0.15) is 11.5 Å². The zero-order valence-corrected chi connectivity index (χ0v) is 15.5. The molecule has 2 N–H and O–H groups in total. The largest absolute Gasteiger partial charge is 0.457 e. The number of anilines is 1. The third-order valence-electron chi connectivity index (χ3n) is 3.34. The van der Waals surface area contributed by atoms with Gasteiger partial charge in [-0.2, -0.15) is 0 Å². The average Bonchev–Trinajstić information content (AvgIpc) is 2.64. The van der Waals surface area contributed by atoms with Crippen LogP contribution in [0.15, 0.2) is 48.5 Å². The van der Waals surface area contributed by atoms with Gasteiger partial charge in [0.25, 0.3) is 10.9 Å². The van der Waals surface area contributed by atoms with Gasteiger partial charge in [-0.3, -0.25) is 20.2 Å². The zero-order valence-electron chi connectivity index (χ0n) is 14.6. The molecule has 2 aromatic rings. The fourth-order valence-corrected chi connectivity index (χ4v) is 2.76. The predicted molar refractivity (Wildman–Crippen MR) is 105 cm³/mol. The highest BCUT2D eigenvalue weighted by Crippen LogP contribution is 2.25. The number of nitro benzene ring substituents is 1. The summed E-state index contributed by atoms with van der Waals surface area (Å²) in [5.74, 6) is 1.62. The lowest BCUT2D eigenvalue weighted by molar-refractivity contribution is -0.384. The minimum atomic E-state index is -0.604. The molecule has 2 rings (SSSR count). The average molecular weight is 389 g/mol. The number of hydrogen-bond acceptors (Lipinski definition) is 6. The number of ether oxygens (including phenoxy) is 1. The van der Waals surface area contributed by atoms with E-state index in [0.29, 0.717) is 22.9 Å². The number of carbonyl (C=O) groups excluding carboxylic acids is 2. The standard InChI is InChI=1S/C18H19N3O5S/c1-2-3-12-27-18(23)20-17(22)19-13-4-8-15(9-5-13)26-16-10-6-14(7-11-16)21(24)25/h4-11H,2-3,12H2,1H3,(H2,19,20,22,23). The molecule has 3 amide bonds. The highest BCUT2D eigenvalue weighted by atomic mass is 32.2. The maximum absolute atomic E-state index is 11.8. The van der Waals surface area contributed by atoms with Crippen molar-refractivity contribution in [2.75, 3.05) is 11.1 Å². The molecule has 0 unspecified atom stereocenters. The van der Waals surface area contributed by atoms with Crippen molar-refractivity contribution in [1.29, 1.82) is 0 Å². The summed E-state index contributed by atoms with van der Waals surface area (Å²) in [5, 5.41) is 15.0. The summed E-state index contributed by atoms with van der Waals surface area (Å²) in [5.41, 5.74) is 0.477. The molecular formula is C18H19N3O5S. The number of rotatable bonds is 7. The van der Waals surface area contributed by atoms with Crippen LogP contribution in [-0.2, 0) is 0 Å². The van der Waals surface area contributed by atoms with E-state index in [0.717, 1.165) is 24.6 Å². The number of nitro groups is 1. The lowest BCUT2D eigenvalue weighted by Crippen LogP contribution is -2.31. The first-order valence-electron chi connectivity index (χ1n) is 8.25. The Labute approximate surface area is 160 Å². The maximum Gasteiger partial charge on any atom is 0.326 e. The number of hydrogen-bond donors (Lipinski definition) is 2. The molecule has 0 spiro atoms. The number of benzene rings is 2. The third kappa shape index (κ3) is 6.98.